The zero-order valence-electron chi connectivity index (χ0n) is 9.82. The van der Waals surface area contributed by atoms with E-state index in [0.29, 0.717) is 18.7 Å². The normalized spacial score (nSPS) is 22.0. The molecule has 0 saturated carbocycles. The molecule has 0 N–H and O–H groups in total. The summed E-state index contributed by atoms with van der Waals surface area (Å²) in [4.78, 5) is 25.3. The van der Waals surface area contributed by atoms with Gasteiger partial charge in [0.25, 0.3) is 11.7 Å². The highest BCUT2D eigenvalue weighted by Gasteiger charge is 2.40. The number of amides is 1. The molecule has 0 bridgehead atoms. The number of nitrogens with zero attached hydrogens (tertiary/aromatic N) is 1. The second-order valence-electron chi connectivity index (χ2n) is 4.60. The van der Waals surface area contributed by atoms with Crippen LogP contribution in [0.15, 0.2) is 12.1 Å². The molecule has 1 aromatic rings. The lowest BCUT2D eigenvalue weighted by molar-refractivity contribution is -0.114. The van der Waals surface area contributed by atoms with E-state index < -0.39 is 11.7 Å². The van der Waals surface area contributed by atoms with Crippen LogP contribution in [0.1, 0.15) is 21.5 Å². The van der Waals surface area contributed by atoms with Gasteiger partial charge in [-0.1, -0.05) is 6.07 Å². The van der Waals surface area contributed by atoms with Gasteiger partial charge in [-0.25, -0.2) is 0 Å². The van der Waals surface area contributed by atoms with Gasteiger partial charge >= 0.3 is 0 Å². The number of hydrogen-bond donors (Lipinski definition) is 0. The molecule has 2 heterocycles. The standard InChI is InChI=1S/C13H13NO3/c1-7-3-4-10-11(8(7)2)14(5-9-6-17-9)13(16)12(10)15/h3-4,9H,5-6H2,1-2H3. The lowest BCUT2D eigenvalue weighted by atomic mass is 10.0. The Bertz CT molecular complexity index is 532. The molecule has 1 amide bonds. The highest BCUT2D eigenvalue weighted by Crippen LogP contribution is 2.35. The fourth-order valence-corrected chi connectivity index (χ4v) is 2.22. The summed E-state index contributed by atoms with van der Waals surface area (Å²) in [7, 11) is 0. The van der Waals surface area contributed by atoms with Crippen LogP contribution in [0.2, 0.25) is 0 Å². The van der Waals surface area contributed by atoms with Crippen molar-refractivity contribution in [1.82, 2.24) is 0 Å². The molecular formula is C13H13NO3. The average Bonchev–Trinajstić information content (AvgIpc) is 3.08. The summed E-state index contributed by atoms with van der Waals surface area (Å²) in [5, 5.41) is 0. The van der Waals surface area contributed by atoms with Crippen molar-refractivity contribution in [1.29, 1.82) is 0 Å². The van der Waals surface area contributed by atoms with Crippen molar-refractivity contribution >= 4 is 17.4 Å². The highest BCUT2D eigenvalue weighted by atomic mass is 16.6. The zero-order valence-corrected chi connectivity index (χ0v) is 9.82. The molecule has 0 radical (unpaired) electrons. The first-order chi connectivity index (χ1) is 8.09. The van der Waals surface area contributed by atoms with Crippen molar-refractivity contribution in [2.75, 3.05) is 18.1 Å². The Morgan fingerprint density at radius 1 is 1.35 bits per heavy atom. The lowest BCUT2D eigenvalue weighted by Gasteiger charge is -2.18. The predicted molar refractivity (Wildman–Crippen MR) is 62.3 cm³/mol. The monoisotopic (exact) mass is 231 g/mol. The molecule has 1 atom stereocenters. The second-order valence-corrected chi connectivity index (χ2v) is 4.60. The summed E-state index contributed by atoms with van der Waals surface area (Å²) in [6.45, 7) is 5.09. The SMILES string of the molecule is Cc1ccc2c(c1C)N(CC1CO1)C(=O)C2=O. The van der Waals surface area contributed by atoms with Gasteiger partial charge in [0.05, 0.1) is 30.5 Å². The summed E-state index contributed by atoms with van der Waals surface area (Å²) in [6, 6.07) is 3.63. The van der Waals surface area contributed by atoms with Crippen LogP contribution < -0.4 is 4.90 Å². The van der Waals surface area contributed by atoms with E-state index >= 15 is 0 Å². The van der Waals surface area contributed by atoms with Crippen LogP contribution in [-0.4, -0.2) is 30.9 Å². The molecule has 0 spiro atoms. The van der Waals surface area contributed by atoms with Crippen LogP contribution in [0.4, 0.5) is 5.69 Å². The summed E-state index contributed by atoms with van der Waals surface area (Å²) >= 11 is 0. The summed E-state index contributed by atoms with van der Waals surface area (Å²) in [5.41, 5.74) is 3.39. The Kier molecular flexibility index (Phi) is 2.10. The van der Waals surface area contributed by atoms with Crippen LogP contribution in [0, 0.1) is 13.8 Å². The number of epoxide rings is 1. The third-order valence-electron chi connectivity index (χ3n) is 3.44. The third kappa shape index (κ3) is 1.48. The van der Waals surface area contributed by atoms with Crippen molar-refractivity contribution in [2.24, 2.45) is 0 Å². The van der Waals surface area contributed by atoms with Gasteiger partial charge in [-0.3, -0.25) is 9.59 Å². The number of rotatable bonds is 2. The van der Waals surface area contributed by atoms with Gasteiger partial charge in [0.15, 0.2) is 0 Å². The Labute approximate surface area is 99.2 Å². The van der Waals surface area contributed by atoms with Crippen LogP contribution in [-0.2, 0) is 9.53 Å². The molecule has 1 unspecified atom stereocenters. The van der Waals surface area contributed by atoms with Gasteiger partial charge in [0, 0.05) is 0 Å². The third-order valence-corrected chi connectivity index (χ3v) is 3.44. The number of aryl methyl sites for hydroxylation is 1. The van der Waals surface area contributed by atoms with E-state index in [-0.39, 0.29) is 6.10 Å². The van der Waals surface area contributed by atoms with Crippen molar-refractivity contribution < 1.29 is 14.3 Å². The number of ether oxygens (including phenoxy) is 1. The number of benzene rings is 1. The Hall–Kier alpha value is -1.68. The smallest absolute Gasteiger partial charge is 0.299 e. The maximum atomic E-state index is 11.9. The van der Waals surface area contributed by atoms with Crippen molar-refractivity contribution in [3.05, 3.63) is 28.8 Å². The van der Waals surface area contributed by atoms with Crippen molar-refractivity contribution in [3.63, 3.8) is 0 Å². The molecule has 4 heteroatoms. The minimum atomic E-state index is -0.427. The average molecular weight is 231 g/mol. The van der Waals surface area contributed by atoms with Crippen LogP contribution in [0.5, 0.6) is 0 Å². The molecule has 4 nitrogen and oxygen atoms in total. The van der Waals surface area contributed by atoms with E-state index in [1.807, 2.05) is 19.9 Å². The molecule has 17 heavy (non-hydrogen) atoms. The van der Waals surface area contributed by atoms with Crippen LogP contribution in [0.25, 0.3) is 0 Å². The van der Waals surface area contributed by atoms with E-state index in [4.69, 9.17) is 4.74 Å². The molecule has 1 saturated heterocycles. The topological polar surface area (TPSA) is 49.9 Å². The van der Waals surface area contributed by atoms with Crippen molar-refractivity contribution in [2.45, 2.75) is 20.0 Å². The number of carbonyl (C=O) groups excluding carboxylic acids is 2. The van der Waals surface area contributed by atoms with Crippen LogP contribution >= 0.6 is 0 Å². The summed E-state index contributed by atoms with van der Waals surface area (Å²) < 4.78 is 5.13. The molecule has 88 valence electrons. The highest BCUT2D eigenvalue weighted by molar-refractivity contribution is 6.52. The van der Waals surface area contributed by atoms with Gasteiger partial charge in [-0.05, 0) is 31.0 Å². The van der Waals surface area contributed by atoms with Gasteiger partial charge in [0.2, 0.25) is 0 Å². The van der Waals surface area contributed by atoms with Gasteiger partial charge in [-0.2, -0.15) is 0 Å². The van der Waals surface area contributed by atoms with E-state index in [9.17, 15) is 9.59 Å². The Morgan fingerprint density at radius 3 is 2.71 bits per heavy atom. The predicted octanol–water partition coefficient (Wildman–Crippen LogP) is 1.23. The first-order valence-corrected chi connectivity index (χ1v) is 5.67. The molecule has 1 aromatic carbocycles. The zero-order chi connectivity index (χ0) is 12.2. The molecule has 2 aliphatic heterocycles. The fourth-order valence-electron chi connectivity index (χ4n) is 2.22. The second kappa shape index (κ2) is 3.40. The van der Waals surface area contributed by atoms with Gasteiger partial charge in [-0.15, -0.1) is 0 Å². The largest absolute Gasteiger partial charge is 0.371 e. The maximum absolute atomic E-state index is 11.9. The Balaban J connectivity index is 2.11. The van der Waals surface area contributed by atoms with Crippen molar-refractivity contribution in [3.8, 4) is 0 Å². The first-order valence-electron chi connectivity index (χ1n) is 5.67. The molecule has 0 aromatic heterocycles. The molecule has 0 aliphatic carbocycles. The first kappa shape index (κ1) is 10.5. The minimum Gasteiger partial charge on any atom is -0.371 e. The quantitative estimate of drug-likeness (QED) is 0.568. The molecule has 3 rings (SSSR count). The summed E-state index contributed by atoms with van der Waals surface area (Å²) in [5.74, 6) is -0.826. The molecule has 1 fully saturated rings. The maximum Gasteiger partial charge on any atom is 0.299 e. The van der Waals surface area contributed by atoms with E-state index in [0.717, 1.165) is 16.8 Å². The number of hydrogen-bond acceptors (Lipinski definition) is 3. The molecule has 2 aliphatic rings. The summed E-state index contributed by atoms with van der Waals surface area (Å²) in [6.07, 6.45) is 0.0950. The number of carbonyl (C=O) groups is 2. The fraction of sp³-hybridized carbons (Fsp3) is 0.385. The van der Waals surface area contributed by atoms with E-state index in [1.165, 1.54) is 0 Å². The van der Waals surface area contributed by atoms with Crippen LogP contribution in [0.3, 0.4) is 0 Å². The van der Waals surface area contributed by atoms with Gasteiger partial charge < -0.3 is 9.64 Å². The number of anilines is 1. The number of Topliss-reactive ketones (excluding diaryl/α,β-unsaturated/α-hetero) is 1. The number of fused-ring (bicyclic) bond motifs is 1. The minimum absolute atomic E-state index is 0.0950. The van der Waals surface area contributed by atoms with E-state index in [2.05, 4.69) is 0 Å². The Morgan fingerprint density at radius 2 is 2.06 bits per heavy atom. The lowest BCUT2D eigenvalue weighted by Crippen LogP contribution is -2.33. The molecular weight excluding hydrogens is 218 g/mol. The van der Waals surface area contributed by atoms with Gasteiger partial charge in [0.1, 0.15) is 0 Å². The van der Waals surface area contributed by atoms with E-state index in [1.54, 1.807) is 11.0 Å². The number of ketones is 1.